The van der Waals surface area contributed by atoms with Gasteiger partial charge in [0.2, 0.25) is 0 Å². The molecule has 0 bridgehead atoms. The Bertz CT molecular complexity index is 1120. The van der Waals surface area contributed by atoms with Crippen LogP contribution < -0.4 is 4.74 Å². The van der Waals surface area contributed by atoms with Crippen molar-refractivity contribution in [2.24, 2.45) is 13.0 Å². The van der Waals surface area contributed by atoms with Crippen LogP contribution in [-0.4, -0.2) is 64.6 Å². The van der Waals surface area contributed by atoms with Gasteiger partial charge in [-0.1, -0.05) is 23.5 Å². The van der Waals surface area contributed by atoms with Crippen molar-refractivity contribution in [1.29, 1.82) is 0 Å². The van der Waals surface area contributed by atoms with Gasteiger partial charge in [0.25, 0.3) is 5.19 Å². The fourth-order valence-electron chi connectivity index (χ4n) is 4.54. The van der Waals surface area contributed by atoms with Gasteiger partial charge < -0.3 is 14.2 Å². The van der Waals surface area contributed by atoms with Gasteiger partial charge in [-0.2, -0.15) is 5.10 Å². The molecule has 0 radical (unpaired) electrons. The number of Topliss-reactive ketones (excluding diaryl/α,β-unsaturated/α-hetero) is 1. The van der Waals surface area contributed by atoms with Crippen LogP contribution in [0.1, 0.15) is 40.7 Å². The molecule has 0 N–H and O–H groups in total. The molecule has 8 nitrogen and oxygen atoms in total. The maximum absolute atomic E-state index is 12.9. The fourth-order valence-corrected chi connectivity index (χ4v) is 5.50. The van der Waals surface area contributed by atoms with Gasteiger partial charge >= 0.3 is 0 Å². The second kappa shape index (κ2) is 9.89. The number of aromatic nitrogens is 3. The molecule has 2 aromatic heterocycles. The van der Waals surface area contributed by atoms with E-state index in [9.17, 15) is 4.79 Å². The molecule has 0 atom stereocenters. The highest BCUT2D eigenvalue weighted by atomic mass is 32.1. The molecule has 0 amide bonds. The lowest BCUT2D eigenvalue weighted by molar-refractivity contribution is -0.203. The molecule has 1 aromatic carbocycles. The lowest BCUT2D eigenvalue weighted by atomic mass is 9.97. The highest BCUT2D eigenvalue weighted by molar-refractivity contribution is 7.13. The largest absolute Gasteiger partial charge is 0.470 e. The van der Waals surface area contributed by atoms with Crippen molar-refractivity contribution in [2.75, 3.05) is 32.9 Å². The SMILES string of the molecule is CCOc1nc2c(s1)CCN(CCC1OCC(CC(=O)c3cccc4nn(C)cc34)CO1)C2. The minimum atomic E-state index is -0.214. The molecule has 0 spiro atoms. The summed E-state index contributed by atoms with van der Waals surface area (Å²) in [5.41, 5.74) is 2.71. The predicted molar refractivity (Wildman–Crippen MR) is 126 cm³/mol. The monoisotopic (exact) mass is 470 g/mol. The van der Waals surface area contributed by atoms with Crippen LogP contribution in [0.4, 0.5) is 0 Å². The first-order chi connectivity index (χ1) is 16.1. The van der Waals surface area contributed by atoms with Gasteiger partial charge in [0.15, 0.2) is 12.1 Å². The Kier molecular flexibility index (Phi) is 6.73. The topological polar surface area (TPSA) is 78.7 Å². The molecule has 3 aromatic rings. The van der Waals surface area contributed by atoms with E-state index >= 15 is 0 Å². The first kappa shape index (κ1) is 22.5. The Morgan fingerprint density at radius 3 is 2.97 bits per heavy atom. The van der Waals surface area contributed by atoms with Crippen LogP contribution in [0.5, 0.6) is 5.19 Å². The van der Waals surface area contributed by atoms with Crippen molar-refractivity contribution < 1.29 is 19.0 Å². The second-order valence-corrected chi connectivity index (χ2v) is 9.77. The molecule has 33 heavy (non-hydrogen) atoms. The summed E-state index contributed by atoms with van der Waals surface area (Å²) in [6, 6.07) is 5.70. The standard InChI is InChI=1S/C24H30N4O4S/c1-3-30-24-25-20-13-28(9-7-22(20)33-24)10-8-23-31-14-16(15-32-23)11-21(29)17-5-4-6-19-18(17)12-27(2)26-19/h4-6,12,16,23H,3,7-11,13-15H2,1-2H3. The Hall–Kier alpha value is -2.33. The van der Waals surface area contributed by atoms with Crippen LogP contribution in [0.2, 0.25) is 0 Å². The molecule has 9 heteroatoms. The van der Waals surface area contributed by atoms with E-state index in [1.54, 1.807) is 16.0 Å². The average molecular weight is 471 g/mol. The second-order valence-electron chi connectivity index (χ2n) is 8.73. The molecule has 2 aliphatic heterocycles. The molecule has 0 aliphatic carbocycles. The molecule has 2 aliphatic rings. The highest BCUT2D eigenvalue weighted by Gasteiger charge is 2.27. The van der Waals surface area contributed by atoms with Crippen LogP contribution in [0.15, 0.2) is 24.4 Å². The van der Waals surface area contributed by atoms with Crippen molar-refractivity contribution in [1.82, 2.24) is 19.7 Å². The number of nitrogens with zero attached hydrogens (tertiary/aromatic N) is 4. The van der Waals surface area contributed by atoms with Gasteiger partial charge in [-0.3, -0.25) is 14.4 Å². The lowest BCUT2D eigenvalue weighted by Gasteiger charge is -2.31. The molecule has 176 valence electrons. The fraction of sp³-hybridized carbons (Fsp3) is 0.542. The molecule has 1 fully saturated rings. The molecule has 4 heterocycles. The van der Waals surface area contributed by atoms with E-state index in [-0.39, 0.29) is 18.0 Å². The van der Waals surface area contributed by atoms with Crippen molar-refractivity contribution in [2.45, 2.75) is 39.0 Å². The van der Waals surface area contributed by atoms with E-state index in [2.05, 4.69) is 15.0 Å². The summed E-state index contributed by atoms with van der Waals surface area (Å²) in [5, 5.41) is 6.08. The van der Waals surface area contributed by atoms with Crippen molar-refractivity contribution in [3.8, 4) is 5.19 Å². The predicted octanol–water partition coefficient (Wildman–Crippen LogP) is 3.44. The summed E-state index contributed by atoms with van der Waals surface area (Å²) in [4.78, 5) is 21.3. The number of benzene rings is 1. The van der Waals surface area contributed by atoms with E-state index in [0.29, 0.717) is 26.2 Å². The normalized spacial score (nSPS) is 21.3. The zero-order valence-corrected chi connectivity index (χ0v) is 20.0. The Labute approximate surface area is 197 Å². The summed E-state index contributed by atoms with van der Waals surface area (Å²) < 4.78 is 19.2. The van der Waals surface area contributed by atoms with Crippen LogP contribution in [0.25, 0.3) is 10.9 Å². The zero-order chi connectivity index (χ0) is 22.8. The highest BCUT2D eigenvalue weighted by Crippen LogP contribution is 2.30. The van der Waals surface area contributed by atoms with E-state index in [4.69, 9.17) is 14.2 Å². The number of carbonyl (C=O) groups excluding carboxylic acids is 1. The van der Waals surface area contributed by atoms with E-state index in [1.165, 1.54) is 4.88 Å². The number of thiazole rings is 1. The number of carbonyl (C=O) groups is 1. The van der Waals surface area contributed by atoms with Crippen LogP contribution in [-0.2, 0) is 29.5 Å². The number of hydrogen-bond donors (Lipinski definition) is 0. The molecule has 5 rings (SSSR count). The van der Waals surface area contributed by atoms with Gasteiger partial charge in [-0.15, -0.1) is 0 Å². The van der Waals surface area contributed by atoms with Gasteiger partial charge in [0.1, 0.15) is 0 Å². The number of ether oxygens (including phenoxy) is 3. The summed E-state index contributed by atoms with van der Waals surface area (Å²) in [7, 11) is 1.87. The minimum absolute atomic E-state index is 0.0743. The summed E-state index contributed by atoms with van der Waals surface area (Å²) in [6.07, 6.45) is 3.93. The summed E-state index contributed by atoms with van der Waals surface area (Å²) in [6.45, 7) is 6.50. The summed E-state index contributed by atoms with van der Waals surface area (Å²) >= 11 is 1.67. The molecular weight excluding hydrogens is 440 g/mol. The smallest absolute Gasteiger partial charge is 0.273 e. The van der Waals surface area contributed by atoms with E-state index in [1.807, 2.05) is 38.4 Å². The minimum Gasteiger partial charge on any atom is -0.470 e. The molecule has 0 saturated carbocycles. The number of aryl methyl sites for hydroxylation is 1. The van der Waals surface area contributed by atoms with Gasteiger partial charge in [-0.25, -0.2) is 4.98 Å². The van der Waals surface area contributed by atoms with Crippen molar-refractivity contribution >= 4 is 28.0 Å². The maximum Gasteiger partial charge on any atom is 0.273 e. The Balaban J connectivity index is 1.08. The van der Waals surface area contributed by atoms with E-state index in [0.717, 1.165) is 59.8 Å². The maximum atomic E-state index is 12.9. The first-order valence-corrected chi connectivity index (χ1v) is 12.4. The lowest BCUT2D eigenvalue weighted by Crippen LogP contribution is -2.37. The van der Waals surface area contributed by atoms with Gasteiger partial charge in [0.05, 0.1) is 31.0 Å². The number of hydrogen-bond acceptors (Lipinski definition) is 8. The quantitative estimate of drug-likeness (QED) is 0.467. The summed E-state index contributed by atoms with van der Waals surface area (Å²) in [5.74, 6) is 0.188. The van der Waals surface area contributed by atoms with Crippen molar-refractivity contribution in [3.05, 3.63) is 40.5 Å². The third-order valence-electron chi connectivity index (χ3n) is 6.21. The number of rotatable bonds is 8. The number of fused-ring (bicyclic) bond motifs is 2. The van der Waals surface area contributed by atoms with Crippen molar-refractivity contribution in [3.63, 3.8) is 0 Å². The van der Waals surface area contributed by atoms with Crippen LogP contribution in [0.3, 0.4) is 0 Å². The third kappa shape index (κ3) is 5.11. The zero-order valence-electron chi connectivity index (χ0n) is 19.2. The van der Waals surface area contributed by atoms with Crippen LogP contribution in [0, 0.1) is 5.92 Å². The Morgan fingerprint density at radius 1 is 1.30 bits per heavy atom. The van der Waals surface area contributed by atoms with Gasteiger partial charge in [0, 0.05) is 67.5 Å². The average Bonchev–Trinajstić information content (AvgIpc) is 3.40. The van der Waals surface area contributed by atoms with E-state index < -0.39 is 0 Å². The number of ketones is 1. The molecule has 0 unspecified atom stereocenters. The van der Waals surface area contributed by atoms with Crippen LogP contribution >= 0.6 is 11.3 Å². The first-order valence-electron chi connectivity index (χ1n) is 11.6. The molecule has 1 saturated heterocycles. The van der Waals surface area contributed by atoms with Gasteiger partial charge in [-0.05, 0) is 19.4 Å². The Morgan fingerprint density at radius 2 is 2.15 bits per heavy atom. The molecular formula is C24H30N4O4S. The third-order valence-corrected chi connectivity index (χ3v) is 7.28.